The Kier molecular flexibility index (Phi) is 6.75. The molecule has 0 bridgehead atoms. The summed E-state index contributed by atoms with van der Waals surface area (Å²) in [5.74, 6) is 0.562. The molecule has 35 heavy (non-hydrogen) atoms. The van der Waals surface area contributed by atoms with Gasteiger partial charge in [0, 0.05) is 30.3 Å². The van der Waals surface area contributed by atoms with Crippen LogP contribution in [-0.4, -0.2) is 39.2 Å². The average Bonchev–Trinajstić information content (AvgIpc) is 2.85. The minimum atomic E-state index is -4.40. The van der Waals surface area contributed by atoms with E-state index in [9.17, 15) is 18.3 Å². The molecule has 0 spiro atoms. The Morgan fingerprint density at radius 1 is 1.03 bits per heavy atom. The van der Waals surface area contributed by atoms with Gasteiger partial charge < -0.3 is 10.4 Å². The van der Waals surface area contributed by atoms with Crippen molar-refractivity contribution < 1.29 is 18.3 Å². The number of piperidine rings is 1. The van der Waals surface area contributed by atoms with Crippen LogP contribution in [0.25, 0.3) is 11.3 Å². The molecule has 2 aliphatic rings. The van der Waals surface area contributed by atoms with Gasteiger partial charge in [0.1, 0.15) is 12.1 Å². The van der Waals surface area contributed by atoms with Crippen molar-refractivity contribution in [1.82, 2.24) is 14.9 Å². The predicted molar refractivity (Wildman–Crippen MR) is 129 cm³/mol. The third-order valence-corrected chi connectivity index (χ3v) is 6.94. The zero-order valence-corrected chi connectivity index (χ0v) is 19.5. The van der Waals surface area contributed by atoms with Gasteiger partial charge in [-0.25, -0.2) is 9.97 Å². The fourth-order valence-electron chi connectivity index (χ4n) is 5.11. The molecule has 1 aliphatic heterocycles. The smallest absolute Gasteiger partial charge is 0.393 e. The second kappa shape index (κ2) is 9.95. The van der Waals surface area contributed by atoms with Crippen LogP contribution in [0.15, 0.2) is 48.8 Å². The quantitative estimate of drug-likeness (QED) is 0.486. The Labute approximate surface area is 203 Å². The molecule has 5 rings (SSSR count). The average molecular weight is 483 g/mol. The maximum atomic E-state index is 13.5. The van der Waals surface area contributed by atoms with E-state index in [0.29, 0.717) is 35.6 Å². The van der Waals surface area contributed by atoms with Crippen molar-refractivity contribution in [2.45, 2.75) is 57.3 Å². The molecular formula is C27H29F3N4O. The number of aryl methyl sites for hydroxylation is 1. The van der Waals surface area contributed by atoms with Crippen LogP contribution in [0.1, 0.15) is 47.9 Å². The van der Waals surface area contributed by atoms with Crippen LogP contribution in [0.5, 0.6) is 0 Å². The fourth-order valence-corrected chi connectivity index (χ4v) is 5.11. The number of anilines is 2. The molecule has 0 saturated carbocycles. The Hall–Kier alpha value is -2.97. The van der Waals surface area contributed by atoms with Crippen LogP contribution in [0, 0.1) is 0 Å². The normalized spacial score (nSPS) is 18.8. The van der Waals surface area contributed by atoms with Crippen molar-refractivity contribution in [1.29, 1.82) is 0 Å². The summed E-state index contributed by atoms with van der Waals surface area (Å²) in [7, 11) is 0. The molecule has 1 aromatic heterocycles. The van der Waals surface area contributed by atoms with Crippen LogP contribution in [0.4, 0.5) is 24.7 Å². The zero-order valence-electron chi connectivity index (χ0n) is 19.5. The highest BCUT2D eigenvalue weighted by Crippen LogP contribution is 2.35. The van der Waals surface area contributed by atoms with Crippen LogP contribution in [0.2, 0.25) is 0 Å². The Morgan fingerprint density at radius 3 is 2.66 bits per heavy atom. The summed E-state index contributed by atoms with van der Waals surface area (Å²) in [4.78, 5) is 11.0. The summed E-state index contributed by atoms with van der Waals surface area (Å²) < 4.78 is 40.5. The second-order valence-electron chi connectivity index (χ2n) is 9.46. The lowest BCUT2D eigenvalue weighted by molar-refractivity contribution is -0.137. The molecule has 5 nitrogen and oxygen atoms in total. The fraction of sp³-hybridized carbons (Fsp3) is 0.407. The van der Waals surface area contributed by atoms with Gasteiger partial charge in [-0.2, -0.15) is 13.2 Å². The number of benzene rings is 2. The minimum absolute atomic E-state index is 0.365. The first kappa shape index (κ1) is 23.8. The van der Waals surface area contributed by atoms with Gasteiger partial charge in [0.05, 0.1) is 17.4 Å². The number of hydrogen-bond donors (Lipinski definition) is 2. The van der Waals surface area contributed by atoms with Gasteiger partial charge in [-0.3, -0.25) is 4.90 Å². The molecule has 1 fully saturated rings. The first-order chi connectivity index (χ1) is 16.9. The lowest BCUT2D eigenvalue weighted by atomic mass is 9.88. The van der Waals surface area contributed by atoms with E-state index in [-0.39, 0.29) is 6.10 Å². The van der Waals surface area contributed by atoms with Gasteiger partial charge in [0.2, 0.25) is 0 Å². The number of nitrogens with zero attached hydrogens (tertiary/aromatic N) is 3. The lowest BCUT2D eigenvalue weighted by Crippen LogP contribution is -2.29. The molecule has 1 atom stereocenters. The highest BCUT2D eigenvalue weighted by molar-refractivity contribution is 5.70. The van der Waals surface area contributed by atoms with Crippen molar-refractivity contribution in [2.24, 2.45) is 0 Å². The van der Waals surface area contributed by atoms with E-state index < -0.39 is 11.7 Å². The predicted octanol–water partition coefficient (Wildman–Crippen LogP) is 5.74. The molecule has 1 aliphatic carbocycles. The number of fused-ring (bicyclic) bond motifs is 1. The van der Waals surface area contributed by atoms with Crippen molar-refractivity contribution in [3.63, 3.8) is 0 Å². The van der Waals surface area contributed by atoms with Crippen LogP contribution >= 0.6 is 0 Å². The summed E-state index contributed by atoms with van der Waals surface area (Å²) in [5.41, 5.74) is 4.40. The number of aromatic nitrogens is 2. The third kappa shape index (κ3) is 5.49. The summed E-state index contributed by atoms with van der Waals surface area (Å²) in [5, 5.41) is 13.5. The summed E-state index contributed by atoms with van der Waals surface area (Å²) in [6.07, 6.45) is 2.11. The Balaban J connectivity index is 1.47. The maximum absolute atomic E-state index is 13.5. The van der Waals surface area contributed by atoms with Crippen LogP contribution < -0.4 is 5.32 Å². The van der Waals surface area contributed by atoms with Gasteiger partial charge in [-0.1, -0.05) is 24.6 Å². The molecule has 3 aromatic rings. The maximum Gasteiger partial charge on any atom is 0.416 e. The minimum Gasteiger partial charge on any atom is -0.393 e. The molecule has 2 N–H and O–H groups in total. The number of aliphatic hydroxyl groups is 1. The molecule has 2 aromatic carbocycles. The van der Waals surface area contributed by atoms with Gasteiger partial charge in [0.15, 0.2) is 0 Å². The second-order valence-corrected chi connectivity index (χ2v) is 9.46. The van der Waals surface area contributed by atoms with Crippen molar-refractivity contribution >= 4 is 11.5 Å². The van der Waals surface area contributed by atoms with Gasteiger partial charge in [0.25, 0.3) is 0 Å². The van der Waals surface area contributed by atoms with E-state index in [2.05, 4.69) is 26.3 Å². The third-order valence-electron chi connectivity index (χ3n) is 6.94. The SMILES string of the molecule is OC1CCc2cccc(Nc3cc(-c4ccc(C(F)(F)F)cc4CN4CCCCC4)ncn3)c2C1. The standard InChI is InChI=1S/C27H29F3N4O/c28-27(29,30)20-8-10-22(19(13-20)16-34-11-2-1-3-12-34)25-15-26(32-17-31-25)33-24-6-4-5-18-7-9-21(35)14-23(18)24/h4-6,8,10,13,15,17,21,35H,1-3,7,9,11-12,14,16H2,(H,31,32,33). The number of likely N-dealkylation sites (tertiary alicyclic amines) is 1. The van der Waals surface area contributed by atoms with Crippen molar-refractivity contribution in [3.8, 4) is 11.3 Å². The summed E-state index contributed by atoms with van der Waals surface area (Å²) in [6.45, 7) is 2.23. The topological polar surface area (TPSA) is 61.3 Å². The Bertz CT molecular complexity index is 1190. The van der Waals surface area contributed by atoms with E-state index in [1.54, 1.807) is 6.07 Å². The molecule has 0 radical (unpaired) electrons. The van der Waals surface area contributed by atoms with E-state index >= 15 is 0 Å². The molecule has 1 unspecified atom stereocenters. The van der Waals surface area contributed by atoms with Crippen molar-refractivity contribution in [2.75, 3.05) is 18.4 Å². The van der Waals surface area contributed by atoms with Gasteiger partial charge >= 0.3 is 6.18 Å². The molecule has 8 heteroatoms. The largest absolute Gasteiger partial charge is 0.416 e. The van der Waals surface area contributed by atoms with Gasteiger partial charge in [-0.15, -0.1) is 0 Å². The number of hydrogen-bond acceptors (Lipinski definition) is 5. The highest BCUT2D eigenvalue weighted by Gasteiger charge is 2.31. The summed E-state index contributed by atoms with van der Waals surface area (Å²) >= 11 is 0. The van der Waals surface area contributed by atoms with E-state index in [0.717, 1.165) is 62.5 Å². The molecule has 2 heterocycles. The van der Waals surface area contributed by atoms with Crippen molar-refractivity contribution in [3.05, 3.63) is 71.0 Å². The number of aliphatic hydroxyl groups excluding tert-OH is 1. The number of halogens is 3. The molecule has 184 valence electrons. The van der Waals surface area contributed by atoms with E-state index in [1.165, 1.54) is 24.0 Å². The first-order valence-electron chi connectivity index (χ1n) is 12.2. The highest BCUT2D eigenvalue weighted by atomic mass is 19.4. The van der Waals surface area contributed by atoms with Crippen LogP contribution in [0.3, 0.4) is 0 Å². The number of alkyl halides is 3. The lowest BCUT2D eigenvalue weighted by Gasteiger charge is -2.27. The molecule has 1 saturated heterocycles. The Morgan fingerprint density at radius 2 is 1.86 bits per heavy atom. The zero-order chi connectivity index (χ0) is 24.4. The number of nitrogens with one attached hydrogen (secondary N) is 1. The molecule has 0 amide bonds. The monoisotopic (exact) mass is 482 g/mol. The molecular weight excluding hydrogens is 453 g/mol. The first-order valence-corrected chi connectivity index (χ1v) is 12.2. The van der Waals surface area contributed by atoms with E-state index in [1.807, 2.05) is 12.1 Å². The van der Waals surface area contributed by atoms with Gasteiger partial charge in [-0.05, 0) is 73.7 Å². The number of rotatable bonds is 5. The van der Waals surface area contributed by atoms with E-state index in [4.69, 9.17) is 0 Å². The van der Waals surface area contributed by atoms with Crippen LogP contribution in [-0.2, 0) is 25.6 Å². The summed E-state index contributed by atoms with van der Waals surface area (Å²) in [6, 6.07) is 11.7.